The van der Waals surface area contributed by atoms with Gasteiger partial charge in [0, 0.05) is 19.0 Å². The summed E-state index contributed by atoms with van der Waals surface area (Å²) >= 11 is 0. The number of benzene rings is 2. The number of aliphatic carboxylic acids is 1. The van der Waals surface area contributed by atoms with E-state index in [4.69, 9.17) is 14.0 Å². The van der Waals surface area contributed by atoms with Crippen LogP contribution in [-0.4, -0.2) is 58.9 Å². The molecule has 0 aromatic heterocycles. The van der Waals surface area contributed by atoms with E-state index in [0.717, 1.165) is 16.7 Å². The molecule has 5 atom stereocenters. The molecule has 0 aliphatic heterocycles. The summed E-state index contributed by atoms with van der Waals surface area (Å²) in [5, 5.41) is 14.4. The van der Waals surface area contributed by atoms with E-state index in [2.05, 4.69) is 10.6 Å². The molecule has 242 valence electrons. The van der Waals surface area contributed by atoms with Gasteiger partial charge in [-0.1, -0.05) is 68.4 Å². The maximum absolute atomic E-state index is 14.7. The second-order valence-corrected chi connectivity index (χ2v) is 14.9. The van der Waals surface area contributed by atoms with Gasteiger partial charge in [0.1, 0.15) is 17.4 Å². The fourth-order valence-electron chi connectivity index (χ4n) is 4.18. The van der Waals surface area contributed by atoms with Crippen LogP contribution in [0.2, 0.25) is 0 Å². The van der Waals surface area contributed by atoms with Gasteiger partial charge in [0.25, 0.3) is 0 Å². The van der Waals surface area contributed by atoms with Crippen LogP contribution in [0, 0.1) is 11.8 Å². The fourth-order valence-corrected chi connectivity index (χ4v) is 6.61. The number of rotatable bonds is 14. The predicted molar refractivity (Wildman–Crippen MR) is 167 cm³/mol. The molecule has 3 N–H and O–H groups in total. The zero-order chi connectivity index (χ0) is 33.2. The van der Waals surface area contributed by atoms with Gasteiger partial charge >= 0.3 is 18.0 Å². The lowest BCUT2D eigenvalue weighted by Crippen LogP contribution is -2.45. The lowest BCUT2D eigenvalue weighted by molar-refractivity contribution is -0.166. The summed E-state index contributed by atoms with van der Waals surface area (Å²) < 4.78 is 31.3. The highest BCUT2D eigenvalue weighted by molar-refractivity contribution is 7.59. The number of alkyl carbamates (subject to hydrolysis) is 1. The Morgan fingerprint density at radius 1 is 0.886 bits per heavy atom. The largest absolute Gasteiger partial charge is 0.480 e. The normalized spacial score (nSPS) is 15.7. The molecule has 0 radical (unpaired) electrons. The Bertz CT molecular complexity index is 1320. The zero-order valence-electron chi connectivity index (χ0n) is 26.7. The van der Waals surface area contributed by atoms with E-state index in [1.54, 1.807) is 34.6 Å². The van der Waals surface area contributed by atoms with Crippen molar-refractivity contribution in [1.82, 2.24) is 10.6 Å². The van der Waals surface area contributed by atoms with Crippen LogP contribution < -0.4 is 10.6 Å². The lowest BCUT2D eigenvalue weighted by atomic mass is 9.97. The Balaban J connectivity index is 2.49. The number of ether oxygens (including phenoxy) is 2. The number of carboxylic acid groups (broad SMARTS) is 1. The number of esters is 1. The summed E-state index contributed by atoms with van der Waals surface area (Å²) in [6, 6.07) is 16.0. The van der Waals surface area contributed by atoms with Crippen LogP contribution >= 0.6 is 7.37 Å². The smallest absolute Gasteiger partial charge is 0.408 e. The molecule has 2 rings (SSSR count). The number of carboxylic acids is 1. The maximum atomic E-state index is 14.7. The third-order valence-electron chi connectivity index (χ3n) is 6.54. The van der Waals surface area contributed by atoms with Crippen molar-refractivity contribution in [2.24, 2.45) is 11.8 Å². The number of nitrogens with one attached hydrogen (secondary N) is 2. The van der Waals surface area contributed by atoms with Crippen LogP contribution in [0.25, 0.3) is 11.1 Å². The van der Waals surface area contributed by atoms with Crippen LogP contribution in [-0.2, 0) is 39.4 Å². The Morgan fingerprint density at radius 2 is 1.45 bits per heavy atom. The molecule has 3 unspecified atom stereocenters. The van der Waals surface area contributed by atoms with Crippen LogP contribution in [0.4, 0.5) is 4.79 Å². The van der Waals surface area contributed by atoms with Crippen molar-refractivity contribution in [2.45, 2.75) is 85.5 Å². The average Bonchev–Trinajstić information content (AvgIpc) is 2.91. The molecule has 0 saturated heterocycles. The molecule has 2 aromatic carbocycles. The molecule has 2 aromatic rings. The van der Waals surface area contributed by atoms with Gasteiger partial charge in [-0.25, -0.2) is 4.79 Å². The van der Waals surface area contributed by atoms with Gasteiger partial charge in [-0.2, -0.15) is 0 Å². The van der Waals surface area contributed by atoms with E-state index in [1.165, 1.54) is 20.8 Å². The first kappa shape index (κ1) is 36.5. The van der Waals surface area contributed by atoms with Crippen LogP contribution in [0.3, 0.4) is 0 Å². The molecule has 12 heteroatoms. The molecule has 0 heterocycles. The van der Waals surface area contributed by atoms with E-state index in [9.17, 15) is 28.8 Å². The van der Waals surface area contributed by atoms with Gasteiger partial charge in [-0.05, 0) is 57.7 Å². The third kappa shape index (κ3) is 11.8. The highest BCUT2D eigenvalue weighted by Crippen LogP contribution is 2.54. The van der Waals surface area contributed by atoms with E-state index >= 15 is 0 Å². The van der Waals surface area contributed by atoms with Gasteiger partial charge in [0.15, 0.2) is 0 Å². The molecule has 0 spiro atoms. The first-order valence-corrected chi connectivity index (χ1v) is 16.4. The van der Waals surface area contributed by atoms with E-state index in [-0.39, 0.29) is 6.42 Å². The second-order valence-electron chi connectivity index (χ2n) is 12.1. The standard InChI is InChI=1S/C32H45N2O9P/c1-20(2)30(41-23(5)35)43-44(40,22(4)34-31(39)42-32(6,7)8)19-27(28(36)33-21(3)29(37)38)18-24-14-16-26(17-15-24)25-12-10-9-11-13-25/h9-17,20-22,27,30H,18-19H2,1-8H3,(H,33,36)(H,34,39)(H,37,38)/t21-,22?,27-,30?,44?/m1/s1. The molecule has 2 amide bonds. The van der Waals surface area contributed by atoms with E-state index in [0.29, 0.717) is 0 Å². The Hall–Kier alpha value is -3.69. The molecular weight excluding hydrogens is 587 g/mol. The van der Waals surface area contributed by atoms with Gasteiger partial charge in [-0.3, -0.25) is 23.5 Å². The first-order valence-electron chi connectivity index (χ1n) is 14.5. The van der Waals surface area contributed by atoms with Crippen LogP contribution in [0.1, 0.15) is 61.0 Å². The van der Waals surface area contributed by atoms with Crippen molar-refractivity contribution in [2.75, 3.05) is 6.16 Å². The highest BCUT2D eigenvalue weighted by Gasteiger charge is 2.41. The minimum Gasteiger partial charge on any atom is -0.480 e. The summed E-state index contributed by atoms with van der Waals surface area (Å²) in [5.74, 6) is -5.19. The van der Waals surface area contributed by atoms with Gasteiger partial charge in [0.2, 0.25) is 19.6 Å². The third-order valence-corrected chi connectivity index (χ3v) is 9.37. The van der Waals surface area contributed by atoms with E-state index in [1.807, 2.05) is 54.6 Å². The molecule has 0 aliphatic rings. The Labute approximate surface area is 259 Å². The number of carbonyl (C=O) groups is 4. The predicted octanol–water partition coefficient (Wildman–Crippen LogP) is 5.81. The summed E-state index contributed by atoms with van der Waals surface area (Å²) in [6.07, 6.45) is -2.40. The molecule has 0 fully saturated rings. The van der Waals surface area contributed by atoms with Gasteiger partial charge < -0.3 is 25.2 Å². The molecule has 0 saturated carbocycles. The van der Waals surface area contributed by atoms with Gasteiger partial charge in [-0.15, -0.1) is 0 Å². The second kappa shape index (κ2) is 15.9. The topological polar surface area (TPSA) is 157 Å². The van der Waals surface area contributed by atoms with Crippen molar-refractivity contribution in [1.29, 1.82) is 0 Å². The number of amides is 2. The molecule has 0 bridgehead atoms. The minimum atomic E-state index is -4.06. The van der Waals surface area contributed by atoms with Crippen molar-refractivity contribution in [3.05, 3.63) is 60.2 Å². The number of carbonyl (C=O) groups excluding carboxylic acids is 3. The SMILES string of the molecule is CC(=O)OC(OP(=O)(C[C@@H](Cc1ccc(-c2ccccc2)cc1)C(=O)N[C@H](C)C(=O)O)C(C)NC(=O)OC(C)(C)C)C(C)C. The Morgan fingerprint density at radius 3 is 1.95 bits per heavy atom. The minimum absolute atomic E-state index is 0.0830. The van der Waals surface area contributed by atoms with E-state index < -0.39 is 73.0 Å². The van der Waals surface area contributed by atoms with Gasteiger partial charge in [0.05, 0.1) is 5.92 Å². The van der Waals surface area contributed by atoms with Crippen LogP contribution in [0.5, 0.6) is 0 Å². The Kier molecular flexibility index (Phi) is 13.2. The number of hydrogen-bond donors (Lipinski definition) is 3. The molecule has 44 heavy (non-hydrogen) atoms. The van der Waals surface area contributed by atoms with Crippen molar-refractivity contribution in [3.8, 4) is 11.1 Å². The van der Waals surface area contributed by atoms with Crippen molar-refractivity contribution >= 4 is 31.3 Å². The fraction of sp³-hybridized carbons (Fsp3) is 0.500. The summed E-state index contributed by atoms with van der Waals surface area (Å²) in [6.45, 7) is 12.4. The summed E-state index contributed by atoms with van der Waals surface area (Å²) in [7, 11) is -4.06. The molecule has 11 nitrogen and oxygen atoms in total. The lowest BCUT2D eigenvalue weighted by Gasteiger charge is -2.33. The van der Waals surface area contributed by atoms with Crippen LogP contribution in [0.15, 0.2) is 54.6 Å². The molecule has 0 aliphatic carbocycles. The average molecular weight is 633 g/mol. The number of hydrogen-bond acceptors (Lipinski definition) is 8. The summed E-state index contributed by atoms with van der Waals surface area (Å²) in [5.41, 5.74) is 1.86. The van der Waals surface area contributed by atoms with Crippen molar-refractivity contribution in [3.63, 3.8) is 0 Å². The zero-order valence-corrected chi connectivity index (χ0v) is 27.6. The maximum Gasteiger partial charge on any atom is 0.408 e. The first-order chi connectivity index (χ1) is 20.4. The van der Waals surface area contributed by atoms with Crippen molar-refractivity contribution < 1.29 is 42.8 Å². The molecular formula is C32H45N2O9P. The monoisotopic (exact) mass is 632 g/mol. The highest BCUT2D eigenvalue weighted by atomic mass is 31.2. The summed E-state index contributed by atoms with van der Waals surface area (Å²) in [4.78, 5) is 49.5. The quantitative estimate of drug-likeness (QED) is 0.133.